The minimum absolute atomic E-state index is 0. The number of amides is 1. The van der Waals surface area contributed by atoms with Crippen molar-refractivity contribution < 1.29 is 4.79 Å². The fraction of sp³-hybridized carbons (Fsp3) is 0.733. The Bertz CT molecular complexity index is 503. The van der Waals surface area contributed by atoms with E-state index in [0.29, 0.717) is 17.0 Å². The smallest absolute Gasteiger partial charge is 0.274 e. The highest BCUT2D eigenvalue weighted by Gasteiger charge is 2.30. The van der Waals surface area contributed by atoms with Gasteiger partial charge in [-0.2, -0.15) is 16.9 Å². The van der Waals surface area contributed by atoms with E-state index in [1.165, 1.54) is 6.42 Å². The Morgan fingerprint density at radius 3 is 3.00 bits per heavy atom. The van der Waals surface area contributed by atoms with Crippen molar-refractivity contribution in [2.75, 3.05) is 25.4 Å². The molecule has 2 fully saturated rings. The topological polar surface area (TPSA) is 50.2 Å². The molecule has 1 N–H and O–H groups in total. The summed E-state index contributed by atoms with van der Waals surface area (Å²) in [5, 5.41) is 8.43. The van der Waals surface area contributed by atoms with E-state index < -0.39 is 0 Å². The molecule has 3 unspecified atom stereocenters. The van der Waals surface area contributed by atoms with Crippen LogP contribution in [-0.2, 0) is 0 Å². The van der Waals surface area contributed by atoms with Gasteiger partial charge in [0.15, 0.2) is 0 Å². The van der Waals surface area contributed by atoms with Gasteiger partial charge in [-0.3, -0.25) is 9.48 Å². The molecule has 1 aromatic rings. The minimum atomic E-state index is 0. The number of piperidine rings is 1. The molecule has 2 aliphatic heterocycles. The molecule has 0 bridgehead atoms. The van der Waals surface area contributed by atoms with Crippen molar-refractivity contribution in [3.8, 4) is 0 Å². The van der Waals surface area contributed by atoms with Crippen molar-refractivity contribution in [3.63, 3.8) is 0 Å². The number of carbonyl (C=O) groups is 1. The summed E-state index contributed by atoms with van der Waals surface area (Å²) >= 11 is 1.94. The Hall–Kier alpha value is -0.720. The Morgan fingerprint density at radius 1 is 1.45 bits per heavy atom. The Labute approximate surface area is 142 Å². The summed E-state index contributed by atoms with van der Waals surface area (Å²) < 4.78 is 1.96. The van der Waals surface area contributed by atoms with Crippen LogP contribution in [0.15, 0.2) is 12.3 Å². The van der Waals surface area contributed by atoms with Crippen LogP contribution in [0.3, 0.4) is 0 Å². The Kier molecular flexibility index (Phi) is 6.17. The van der Waals surface area contributed by atoms with E-state index in [9.17, 15) is 4.79 Å². The molecule has 2 aliphatic rings. The van der Waals surface area contributed by atoms with Crippen LogP contribution in [0.4, 0.5) is 0 Å². The number of nitrogens with zero attached hydrogens (tertiary/aromatic N) is 3. The highest BCUT2D eigenvalue weighted by molar-refractivity contribution is 8.00. The van der Waals surface area contributed by atoms with Gasteiger partial charge < -0.3 is 10.2 Å². The fourth-order valence-electron chi connectivity index (χ4n) is 3.08. The second kappa shape index (κ2) is 7.70. The molecule has 0 spiro atoms. The first-order valence-electron chi connectivity index (χ1n) is 7.85. The van der Waals surface area contributed by atoms with Gasteiger partial charge in [-0.05, 0) is 32.4 Å². The van der Waals surface area contributed by atoms with Gasteiger partial charge >= 0.3 is 0 Å². The number of aromatic nitrogens is 2. The van der Waals surface area contributed by atoms with Gasteiger partial charge in [-0.15, -0.1) is 12.4 Å². The van der Waals surface area contributed by atoms with Gasteiger partial charge in [-0.1, -0.05) is 6.92 Å². The molecule has 124 valence electrons. The molecule has 0 aromatic carbocycles. The summed E-state index contributed by atoms with van der Waals surface area (Å²) in [4.78, 5) is 14.7. The lowest BCUT2D eigenvalue weighted by atomic mass is 10.1. The van der Waals surface area contributed by atoms with Crippen LogP contribution in [-0.4, -0.2) is 57.3 Å². The van der Waals surface area contributed by atoms with E-state index in [4.69, 9.17) is 0 Å². The Morgan fingerprint density at radius 2 is 2.27 bits per heavy atom. The summed E-state index contributed by atoms with van der Waals surface area (Å²) in [5.41, 5.74) is 0.589. The van der Waals surface area contributed by atoms with Crippen LogP contribution in [0.1, 0.15) is 43.2 Å². The molecule has 3 atom stereocenters. The van der Waals surface area contributed by atoms with Crippen molar-refractivity contribution in [1.29, 1.82) is 0 Å². The lowest BCUT2D eigenvalue weighted by molar-refractivity contribution is 0.0690. The van der Waals surface area contributed by atoms with Crippen molar-refractivity contribution in [2.24, 2.45) is 0 Å². The molecule has 3 heterocycles. The maximum absolute atomic E-state index is 12.7. The SMILES string of the molecule is CC1SCCN(C(=O)c2ccn(C3CCCNC3)n2)C1C.Cl. The van der Waals surface area contributed by atoms with E-state index in [-0.39, 0.29) is 24.4 Å². The van der Waals surface area contributed by atoms with E-state index in [2.05, 4.69) is 24.3 Å². The van der Waals surface area contributed by atoms with E-state index in [0.717, 1.165) is 31.8 Å². The third-order valence-electron chi connectivity index (χ3n) is 4.62. The number of thioether (sulfide) groups is 1. The van der Waals surface area contributed by atoms with Crippen LogP contribution < -0.4 is 5.32 Å². The zero-order valence-electron chi connectivity index (χ0n) is 13.2. The Balaban J connectivity index is 0.00000176. The van der Waals surface area contributed by atoms with Crippen LogP contribution in [0.5, 0.6) is 0 Å². The van der Waals surface area contributed by atoms with Crippen molar-refractivity contribution in [3.05, 3.63) is 18.0 Å². The molecule has 3 rings (SSSR count). The lowest BCUT2D eigenvalue weighted by Gasteiger charge is -2.37. The van der Waals surface area contributed by atoms with Crippen LogP contribution in [0.2, 0.25) is 0 Å². The second-order valence-corrected chi connectivity index (χ2v) is 7.48. The second-order valence-electron chi connectivity index (χ2n) is 6.00. The molecular formula is C15H25ClN4OS. The quantitative estimate of drug-likeness (QED) is 0.893. The van der Waals surface area contributed by atoms with Gasteiger partial charge in [0.05, 0.1) is 6.04 Å². The van der Waals surface area contributed by atoms with Gasteiger partial charge in [-0.25, -0.2) is 0 Å². The number of hydrogen-bond donors (Lipinski definition) is 1. The normalized spacial score (nSPS) is 29.0. The molecule has 22 heavy (non-hydrogen) atoms. The van der Waals surface area contributed by atoms with Crippen molar-refractivity contribution >= 4 is 30.1 Å². The average molecular weight is 345 g/mol. The van der Waals surface area contributed by atoms with Crippen LogP contribution in [0.25, 0.3) is 0 Å². The largest absolute Gasteiger partial charge is 0.333 e. The van der Waals surface area contributed by atoms with Crippen molar-refractivity contribution in [2.45, 2.75) is 44.0 Å². The zero-order chi connectivity index (χ0) is 14.8. The zero-order valence-corrected chi connectivity index (χ0v) is 14.8. The lowest BCUT2D eigenvalue weighted by Crippen LogP contribution is -2.48. The molecule has 0 radical (unpaired) electrons. The molecule has 0 aliphatic carbocycles. The summed E-state index contributed by atoms with van der Waals surface area (Å²) in [7, 11) is 0. The number of carbonyl (C=O) groups excluding carboxylic acids is 1. The first-order chi connectivity index (χ1) is 10.2. The van der Waals surface area contributed by atoms with Crippen LogP contribution in [0, 0.1) is 0 Å². The molecule has 1 amide bonds. The van der Waals surface area contributed by atoms with Gasteiger partial charge in [0.2, 0.25) is 0 Å². The first kappa shape index (κ1) is 17.6. The number of nitrogens with one attached hydrogen (secondary N) is 1. The summed E-state index contributed by atoms with van der Waals surface area (Å²) in [6.07, 6.45) is 4.26. The highest BCUT2D eigenvalue weighted by atomic mass is 35.5. The maximum atomic E-state index is 12.7. The third kappa shape index (κ3) is 3.60. The molecular weight excluding hydrogens is 320 g/mol. The van der Waals surface area contributed by atoms with E-state index >= 15 is 0 Å². The molecule has 5 nitrogen and oxygen atoms in total. The molecule has 1 aromatic heterocycles. The standard InChI is InChI=1S/C15H24N4OS.ClH/c1-11-12(2)21-9-8-18(11)15(20)14-5-7-19(17-14)13-4-3-6-16-10-13;/h5,7,11-13,16H,3-4,6,8-10H2,1-2H3;1H. The summed E-state index contributed by atoms with van der Waals surface area (Å²) in [6.45, 7) is 7.19. The number of rotatable bonds is 2. The molecule has 2 saturated heterocycles. The van der Waals surface area contributed by atoms with E-state index in [1.54, 1.807) is 0 Å². The van der Waals surface area contributed by atoms with Gasteiger partial charge in [0.1, 0.15) is 5.69 Å². The monoisotopic (exact) mass is 344 g/mol. The van der Waals surface area contributed by atoms with Gasteiger partial charge in [0, 0.05) is 36.3 Å². The number of halogens is 1. The summed E-state index contributed by atoms with van der Waals surface area (Å²) in [6, 6.07) is 2.53. The summed E-state index contributed by atoms with van der Waals surface area (Å²) in [5.74, 6) is 1.10. The predicted molar refractivity (Wildman–Crippen MR) is 93.0 cm³/mol. The van der Waals surface area contributed by atoms with Crippen molar-refractivity contribution in [1.82, 2.24) is 20.0 Å². The predicted octanol–water partition coefficient (Wildman–Crippen LogP) is 2.20. The fourth-order valence-corrected chi connectivity index (χ4v) is 4.18. The van der Waals surface area contributed by atoms with Crippen LogP contribution >= 0.6 is 24.2 Å². The van der Waals surface area contributed by atoms with E-state index in [1.807, 2.05) is 33.6 Å². The third-order valence-corrected chi connectivity index (χ3v) is 5.96. The molecule has 7 heteroatoms. The highest BCUT2D eigenvalue weighted by Crippen LogP contribution is 2.25. The average Bonchev–Trinajstić information content (AvgIpc) is 3.00. The maximum Gasteiger partial charge on any atom is 0.274 e. The first-order valence-corrected chi connectivity index (χ1v) is 8.90. The molecule has 0 saturated carbocycles. The minimum Gasteiger partial charge on any atom is -0.333 e. The number of hydrogen-bond acceptors (Lipinski definition) is 4. The van der Waals surface area contributed by atoms with Gasteiger partial charge in [0.25, 0.3) is 5.91 Å².